The normalized spacial score (nSPS) is 13.5. The average molecular weight is 338 g/mol. The van der Waals surface area contributed by atoms with Crippen molar-refractivity contribution in [2.45, 2.75) is 32.3 Å². The highest BCUT2D eigenvalue weighted by molar-refractivity contribution is 7.10. The predicted molar refractivity (Wildman–Crippen MR) is 85.5 cm³/mol. The number of aliphatic hydroxyl groups is 1. The Morgan fingerprint density at radius 1 is 1.61 bits per heavy atom. The van der Waals surface area contributed by atoms with E-state index in [9.17, 15) is 20.0 Å². The number of H-pyrrole nitrogens is 1. The molecule has 3 N–H and O–H groups in total. The summed E-state index contributed by atoms with van der Waals surface area (Å²) < 4.78 is 0. The van der Waals surface area contributed by atoms with Gasteiger partial charge in [-0.15, -0.1) is 11.3 Å². The van der Waals surface area contributed by atoms with E-state index in [2.05, 4.69) is 15.5 Å². The third-order valence-electron chi connectivity index (χ3n) is 3.36. The molecule has 2 rings (SSSR count). The first-order valence-electron chi connectivity index (χ1n) is 7.13. The average Bonchev–Trinajstić information content (AvgIpc) is 3.14. The van der Waals surface area contributed by atoms with Gasteiger partial charge in [0.15, 0.2) is 0 Å². The Hall–Kier alpha value is -2.26. The van der Waals surface area contributed by atoms with Crippen molar-refractivity contribution in [3.05, 3.63) is 43.9 Å². The molecule has 2 aromatic heterocycles. The van der Waals surface area contributed by atoms with Gasteiger partial charge < -0.3 is 10.4 Å². The fraction of sp³-hybridized carbons (Fsp3) is 0.429. The molecule has 1 amide bonds. The van der Waals surface area contributed by atoms with Crippen LogP contribution in [0, 0.1) is 10.1 Å². The van der Waals surface area contributed by atoms with E-state index in [1.807, 2.05) is 12.3 Å². The number of aromatic nitrogens is 2. The summed E-state index contributed by atoms with van der Waals surface area (Å²) in [6.45, 7) is 3.38. The van der Waals surface area contributed by atoms with Gasteiger partial charge in [0.2, 0.25) is 5.69 Å². The van der Waals surface area contributed by atoms with E-state index in [0.29, 0.717) is 23.4 Å². The zero-order chi connectivity index (χ0) is 17.0. The maximum Gasteiger partial charge on any atom is 0.322 e. The maximum absolute atomic E-state index is 12.2. The number of amides is 1. The van der Waals surface area contributed by atoms with Crippen molar-refractivity contribution < 1.29 is 14.8 Å². The van der Waals surface area contributed by atoms with Crippen LogP contribution >= 0.6 is 11.3 Å². The summed E-state index contributed by atoms with van der Waals surface area (Å²) in [6.07, 6.45) is 1.13. The molecule has 1 atom stereocenters. The lowest BCUT2D eigenvalue weighted by Crippen LogP contribution is -2.38. The van der Waals surface area contributed by atoms with E-state index in [4.69, 9.17) is 0 Å². The van der Waals surface area contributed by atoms with Crippen LogP contribution in [0.25, 0.3) is 0 Å². The van der Waals surface area contributed by atoms with Crippen LogP contribution in [0.15, 0.2) is 17.5 Å². The number of rotatable bonds is 7. The van der Waals surface area contributed by atoms with E-state index in [1.165, 1.54) is 11.3 Å². The molecule has 0 fully saturated rings. The van der Waals surface area contributed by atoms with E-state index >= 15 is 0 Å². The molecule has 0 aliphatic carbocycles. The Kier molecular flexibility index (Phi) is 5.12. The largest absolute Gasteiger partial charge is 0.383 e. The SMILES string of the molecule is CCCc1[nH]nc(C(=O)NCC(C)(O)c2cccs2)c1[N+](=O)[O-]. The molecule has 2 aromatic rings. The second kappa shape index (κ2) is 6.88. The summed E-state index contributed by atoms with van der Waals surface area (Å²) in [5.74, 6) is -0.688. The molecule has 1 unspecified atom stereocenters. The second-order valence-electron chi connectivity index (χ2n) is 5.34. The Balaban J connectivity index is 2.14. The van der Waals surface area contributed by atoms with Crippen LogP contribution in [0.5, 0.6) is 0 Å². The molecule has 0 bridgehead atoms. The summed E-state index contributed by atoms with van der Waals surface area (Å²) in [6, 6.07) is 3.55. The minimum atomic E-state index is -1.25. The molecule has 0 spiro atoms. The van der Waals surface area contributed by atoms with Crippen LogP contribution in [0.3, 0.4) is 0 Å². The Labute approximate surface area is 136 Å². The second-order valence-corrected chi connectivity index (χ2v) is 6.29. The minimum absolute atomic E-state index is 0.0700. The number of nitrogens with zero attached hydrogens (tertiary/aromatic N) is 2. The predicted octanol–water partition coefficient (Wildman–Crippen LogP) is 1.97. The molecular formula is C14H18N4O4S. The molecule has 0 aliphatic rings. The fourth-order valence-electron chi connectivity index (χ4n) is 2.16. The Bertz CT molecular complexity index is 694. The zero-order valence-corrected chi connectivity index (χ0v) is 13.6. The van der Waals surface area contributed by atoms with Crippen LogP contribution in [-0.2, 0) is 12.0 Å². The summed E-state index contributed by atoms with van der Waals surface area (Å²) >= 11 is 1.36. The first-order chi connectivity index (χ1) is 10.9. The van der Waals surface area contributed by atoms with E-state index < -0.39 is 16.4 Å². The van der Waals surface area contributed by atoms with Crippen LogP contribution in [-0.4, -0.2) is 32.7 Å². The number of nitrogens with one attached hydrogen (secondary N) is 2. The number of hydrogen-bond donors (Lipinski definition) is 3. The van der Waals surface area contributed by atoms with Crippen LogP contribution in [0.4, 0.5) is 5.69 Å². The molecular weight excluding hydrogens is 320 g/mol. The Morgan fingerprint density at radius 2 is 2.35 bits per heavy atom. The molecule has 0 radical (unpaired) electrons. The fourth-order valence-corrected chi connectivity index (χ4v) is 2.95. The third kappa shape index (κ3) is 3.74. The zero-order valence-electron chi connectivity index (χ0n) is 12.8. The quantitative estimate of drug-likeness (QED) is 0.526. The molecule has 0 saturated carbocycles. The number of nitro groups is 1. The van der Waals surface area contributed by atoms with Gasteiger partial charge in [0.1, 0.15) is 11.3 Å². The Morgan fingerprint density at radius 3 is 2.91 bits per heavy atom. The van der Waals surface area contributed by atoms with Crippen molar-refractivity contribution >= 4 is 22.9 Å². The van der Waals surface area contributed by atoms with Gasteiger partial charge in [0, 0.05) is 4.88 Å². The number of carbonyl (C=O) groups excluding carboxylic acids is 1. The van der Waals surface area contributed by atoms with Crippen molar-refractivity contribution in [3.63, 3.8) is 0 Å². The molecule has 8 nitrogen and oxygen atoms in total. The highest BCUT2D eigenvalue weighted by atomic mass is 32.1. The summed E-state index contributed by atoms with van der Waals surface area (Å²) in [5.41, 5.74) is -1.49. The van der Waals surface area contributed by atoms with E-state index in [-0.39, 0.29) is 17.9 Å². The standard InChI is InChI=1S/C14H18N4O4S/c1-3-5-9-12(18(21)22)11(17-16-9)13(19)15-8-14(2,20)10-6-4-7-23-10/h4,6-7,20H,3,5,8H2,1-2H3,(H,15,19)(H,16,17). The van der Waals surface area contributed by atoms with Crippen molar-refractivity contribution in [3.8, 4) is 0 Å². The van der Waals surface area contributed by atoms with Gasteiger partial charge in [-0.1, -0.05) is 19.4 Å². The van der Waals surface area contributed by atoms with Crippen LogP contribution in [0.1, 0.15) is 41.3 Å². The summed E-state index contributed by atoms with van der Waals surface area (Å²) in [4.78, 5) is 23.5. The van der Waals surface area contributed by atoms with Crippen molar-refractivity contribution in [1.29, 1.82) is 0 Å². The van der Waals surface area contributed by atoms with Crippen LogP contribution < -0.4 is 5.32 Å². The molecule has 23 heavy (non-hydrogen) atoms. The topological polar surface area (TPSA) is 121 Å². The lowest BCUT2D eigenvalue weighted by atomic mass is 10.1. The first-order valence-corrected chi connectivity index (χ1v) is 8.01. The smallest absolute Gasteiger partial charge is 0.322 e. The van der Waals surface area contributed by atoms with E-state index in [1.54, 1.807) is 19.1 Å². The summed E-state index contributed by atoms with van der Waals surface area (Å²) in [7, 11) is 0. The monoisotopic (exact) mass is 338 g/mol. The number of aryl methyl sites for hydroxylation is 1. The number of aromatic amines is 1. The van der Waals surface area contributed by atoms with Crippen molar-refractivity contribution in [1.82, 2.24) is 15.5 Å². The van der Waals surface area contributed by atoms with Gasteiger partial charge in [-0.25, -0.2) is 0 Å². The molecule has 0 aromatic carbocycles. The number of carbonyl (C=O) groups is 1. The van der Waals surface area contributed by atoms with E-state index in [0.717, 1.165) is 0 Å². The molecule has 9 heteroatoms. The van der Waals surface area contributed by atoms with Crippen LogP contribution in [0.2, 0.25) is 0 Å². The molecule has 0 saturated heterocycles. The van der Waals surface area contributed by atoms with Gasteiger partial charge >= 0.3 is 5.69 Å². The highest BCUT2D eigenvalue weighted by Gasteiger charge is 2.31. The van der Waals surface area contributed by atoms with Crippen molar-refractivity contribution in [2.24, 2.45) is 0 Å². The first kappa shape index (κ1) is 17.1. The number of hydrogen-bond acceptors (Lipinski definition) is 6. The van der Waals surface area contributed by atoms with Crippen molar-refractivity contribution in [2.75, 3.05) is 6.54 Å². The van der Waals surface area contributed by atoms with Gasteiger partial charge in [-0.2, -0.15) is 5.10 Å². The molecule has 124 valence electrons. The highest BCUT2D eigenvalue weighted by Crippen LogP contribution is 2.25. The van der Waals surface area contributed by atoms with Gasteiger partial charge in [-0.3, -0.25) is 20.0 Å². The summed E-state index contributed by atoms with van der Waals surface area (Å²) in [5, 5.41) is 32.2. The maximum atomic E-state index is 12.2. The minimum Gasteiger partial charge on any atom is -0.383 e. The van der Waals surface area contributed by atoms with Gasteiger partial charge in [0.05, 0.1) is 11.5 Å². The van der Waals surface area contributed by atoms with Gasteiger partial charge in [-0.05, 0) is 24.8 Å². The molecule has 2 heterocycles. The number of thiophene rings is 1. The lowest BCUT2D eigenvalue weighted by Gasteiger charge is -2.21. The van der Waals surface area contributed by atoms with Gasteiger partial charge in [0.25, 0.3) is 5.91 Å². The lowest BCUT2D eigenvalue weighted by molar-refractivity contribution is -0.385. The third-order valence-corrected chi connectivity index (χ3v) is 4.48. The molecule has 0 aliphatic heterocycles.